The van der Waals surface area contributed by atoms with Crippen LogP contribution in [0.25, 0.3) is 22.7 Å². The minimum absolute atomic E-state index is 0.124. The fourth-order valence-corrected chi connectivity index (χ4v) is 1.75. The van der Waals surface area contributed by atoms with Crippen LogP contribution in [-0.4, -0.2) is 24.0 Å². The third-order valence-corrected chi connectivity index (χ3v) is 2.72. The molecular formula is C14H12FN3O. The first-order chi connectivity index (χ1) is 10.3. The molecule has 5 heteroatoms. The van der Waals surface area contributed by atoms with E-state index in [1.165, 1.54) is 24.1 Å². The first-order valence-corrected chi connectivity index (χ1v) is 5.62. The smallest absolute Gasteiger partial charge is 0.250 e. The first kappa shape index (κ1) is 8.63. The minimum Gasteiger partial charge on any atom is -0.418 e. The van der Waals surface area contributed by atoms with Crippen molar-refractivity contribution >= 4 is 16.9 Å². The van der Waals surface area contributed by atoms with Gasteiger partial charge < -0.3 is 9.32 Å². The lowest BCUT2D eigenvalue weighted by molar-refractivity contribution is 0.559. The molecule has 4 nitrogen and oxygen atoms in total. The van der Waals surface area contributed by atoms with Gasteiger partial charge in [-0.3, -0.25) is 0 Å². The van der Waals surface area contributed by atoms with Crippen LogP contribution in [0.2, 0.25) is 0 Å². The number of anilines is 1. The van der Waals surface area contributed by atoms with Gasteiger partial charge in [-0.2, -0.15) is 9.37 Å². The van der Waals surface area contributed by atoms with E-state index in [0.717, 1.165) is 0 Å². The number of hydrogen-bond donors (Lipinski definition) is 0. The monoisotopic (exact) mass is 263 g/mol. The fraction of sp³-hybridized carbons (Fsp3) is 0.143. The quantitative estimate of drug-likeness (QED) is 0.666. The molecule has 96 valence electrons. The molecule has 0 aliphatic carbocycles. The van der Waals surface area contributed by atoms with Crippen LogP contribution >= 0.6 is 0 Å². The van der Waals surface area contributed by atoms with E-state index in [4.69, 9.17) is 8.53 Å². The lowest BCUT2D eigenvalue weighted by atomic mass is 10.2. The number of pyridine rings is 1. The molecule has 0 saturated carbocycles. The van der Waals surface area contributed by atoms with Crippen molar-refractivity contribution in [3.8, 4) is 11.5 Å². The van der Waals surface area contributed by atoms with Gasteiger partial charge in [0.2, 0.25) is 17.6 Å². The van der Waals surface area contributed by atoms with Crippen molar-refractivity contribution in [3.05, 3.63) is 42.3 Å². The SMILES string of the molecule is [3H]C([3H])([3H])N(C)c1ccc(-c2nc3ccc(F)nc3o2)cc1. The number of nitrogens with zero attached hydrogens (tertiary/aromatic N) is 3. The Morgan fingerprint density at radius 3 is 2.68 bits per heavy atom. The summed E-state index contributed by atoms with van der Waals surface area (Å²) < 4.78 is 40.6. The number of halogens is 1. The molecule has 0 bridgehead atoms. The summed E-state index contributed by atoms with van der Waals surface area (Å²) in [4.78, 5) is 9.04. The maximum Gasteiger partial charge on any atom is 0.250 e. The summed E-state index contributed by atoms with van der Waals surface area (Å²) in [5, 5.41) is 0. The van der Waals surface area contributed by atoms with Gasteiger partial charge in [0.25, 0.3) is 0 Å². The zero-order valence-electron chi connectivity index (χ0n) is 13.1. The van der Waals surface area contributed by atoms with Crippen molar-refractivity contribution in [3.63, 3.8) is 0 Å². The first-order valence-electron chi connectivity index (χ1n) is 7.12. The van der Waals surface area contributed by atoms with Crippen LogP contribution in [0.1, 0.15) is 4.11 Å². The highest BCUT2D eigenvalue weighted by molar-refractivity contribution is 5.72. The van der Waals surface area contributed by atoms with Gasteiger partial charge in [-0.25, -0.2) is 4.98 Å². The van der Waals surface area contributed by atoms with E-state index in [1.54, 1.807) is 24.3 Å². The summed E-state index contributed by atoms with van der Waals surface area (Å²) in [5.74, 6) is -0.332. The zero-order chi connectivity index (χ0) is 15.9. The molecule has 19 heavy (non-hydrogen) atoms. The molecule has 0 spiro atoms. The molecule has 1 aromatic carbocycles. The third-order valence-electron chi connectivity index (χ3n) is 2.72. The lowest BCUT2D eigenvalue weighted by Gasteiger charge is -2.11. The molecule has 0 aliphatic rings. The average Bonchev–Trinajstić information content (AvgIpc) is 2.88. The molecule has 0 amide bonds. The predicted molar refractivity (Wildman–Crippen MR) is 71.5 cm³/mol. The molecule has 0 saturated heterocycles. The highest BCUT2D eigenvalue weighted by Gasteiger charge is 2.10. The number of benzene rings is 1. The van der Waals surface area contributed by atoms with Crippen molar-refractivity contribution < 1.29 is 12.9 Å². The Labute approximate surface area is 113 Å². The second-order valence-corrected chi connectivity index (χ2v) is 4.08. The Morgan fingerprint density at radius 1 is 1.16 bits per heavy atom. The molecule has 2 aromatic heterocycles. The largest absolute Gasteiger partial charge is 0.418 e. The van der Waals surface area contributed by atoms with Crippen molar-refractivity contribution in [2.75, 3.05) is 18.9 Å². The Balaban J connectivity index is 1.94. The van der Waals surface area contributed by atoms with Gasteiger partial charge in [0.15, 0.2) is 0 Å². The van der Waals surface area contributed by atoms with E-state index in [9.17, 15) is 4.39 Å². The highest BCUT2D eigenvalue weighted by atomic mass is 19.1. The van der Waals surface area contributed by atoms with Crippen LogP contribution < -0.4 is 4.90 Å². The Bertz CT molecular complexity index is 814. The van der Waals surface area contributed by atoms with Crippen LogP contribution in [0.15, 0.2) is 40.8 Å². The number of fused-ring (bicyclic) bond motifs is 1. The fourth-order valence-electron chi connectivity index (χ4n) is 1.75. The van der Waals surface area contributed by atoms with E-state index in [-0.39, 0.29) is 5.71 Å². The molecule has 0 unspecified atom stereocenters. The van der Waals surface area contributed by atoms with Crippen molar-refractivity contribution in [1.29, 1.82) is 0 Å². The number of rotatable bonds is 2. The van der Waals surface area contributed by atoms with Crippen molar-refractivity contribution in [2.24, 2.45) is 0 Å². The van der Waals surface area contributed by atoms with E-state index < -0.39 is 12.9 Å². The lowest BCUT2D eigenvalue weighted by Crippen LogP contribution is -2.07. The second kappa shape index (κ2) is 4.35. The summed E-state index contributed by atoms with van der Waals surface area (Å²) in [6.45, 7) is -2.21. The summed E-state index contributed by atoms with van der Waals surface area (Å²) in [7, 11) is 1.49. The van der Waals surface area contributed by atoms with Crippen LogP contribution in [0.5, 0.6) is 0 Å². The number of aromatic nitrogens is 2. The van der Waals surface area contributed by atoms with E-state index in [0.29, 0.717) is 22.7 Å². The van der Waals surface area contributed by atoms with Gasteiger partial charge in [0, 0.05) is 29.4 Å². The Hall–Kier alpha value is -2.43. The summed E-state index contributed by atoms with van der Waals surface area (Å²) in [6.07, 6.45) is 0. The van der Waals surface area contributed by atoms with Crippen molar-refractivity contribution in [1.82, 2.24) is 9.97 Å². The molecular weight excluding hydrogens is 245 g/mol. The average molecular weight is 263 g/mol. The predicted octanol–water partition coefficient (Wildman–Crippen LogP) is 3.09. The highest BCUT2D eigenvalue weighted by Crippen LogP contribution is 2.25. The molecule has 0 aliphatic heterocycles. The molecule has 3 rings (SSSR count). The number of hydrogen-bond acceptors (Lipinski definition) is 4. The van der Waals surface area contributed by atoms with Crippen LogP contribution in [0.3, 0.4) is 0 Å². The van der Waals surface area contributed by atoms with Gasteiger partial charge >= 0.3 is 0 Å². The van der Waals surface area contributed by atoms with Gasteiger partial charge in [0.05, 0.1) is 0 Å². The van der Waals surface area contributed by atoms with Gasteiger partial charge in [-0.05, 0) is 36.4 Å². The molecule has 0 atom stereocenters. The second-order valence-electron chi connectivity index (χ2n) is 4.08. The maximum atomic E-state index is 13.0. The summed E-state index contributed by atoms with van der Waals surface area (Å²) in [6, 6.07) is 9.40. The van der Waals surface area contributed by atoms with Crippen molar-refractivity contribution in [2.45, 2.75) is 0 Å². The molecule has 0 radical (unpaired) electrons. The molecule has 0 N–H and O–H groups in total. The van der Waals surface area contributed by atoms with Gasteiger partial charge in [0.1, 0.15) is 5.52 Å². The topological polar surface area (TPSA) is 42.2 Å². The minimum atomic E-state index is -2.21. The van der Waals surface area contributed by atoms with E-state index in [2.05, 4.69) is 9.97 Å². The third kappa shape index (κ3) is 2.14. The van der Waals surface area contributed by atoms with Crippen LogP contribution in [0, 0.1) is 5.95 Å². The zero-order valence-corrected chi connectivity index (χ0v) is 10.1. The molecule has 2 heterocycles. The van der Waals surface area contributed by atoms with Crippen LogP contribution in [-0.2, 0) is 0 Å². The Kier molecular flexibility index (Phi) is 1.98. The van der Waals surface area contributed by atoms with Crippen LogP contribution in [0.4, 0.5) is 10.1 Å². The Morgan fingerprint density at radius 2 is 1.95 bits per heavy atom. The maximum absolute atomic E-state index is 13.0. The normalized spacial score (nSPS) is 13.9. The standard InChI is InChI=1S/C14H12FN3O/c1-18(2)10-5-3-9(4-6-10)13-16-11-7-8-12(15)17-14(11)19-13/h3-8H,1-2H3/i1T3. The van der Waals surface area contributed by atoms with Gasteiger partial charge in [-0.15, -0.1) is 0 Å². The number of oxazole rings is 1. The van der Waals surface area contributed by atoms with E-state index >= 15 is 0 Å². The molecule has 0 fully saturated rings. The van der Waals surface area contributed by atoms with Gasteiger partial charge in [-0.1, -0.05) is 0 Å². The van der Waals surface area contributed by atoms with E-state index in [1.807, 2.05) is 0 Å². The summed E-state index contributed by atoms with van der Waals surface area (Å²) in [5.41, 5.74) is 1.78. The summed E-state index contributed by atoms with van der Waals surface area (Å²) >= 11 is 0. The molecule has 3 aromatic rings.